The van der Waals surface area contributed by atoms with E-state index in [0.29, 0.717) is 6.42 Å². The summed E-state index contributed by atoms with van der Waals surface area (Å²) in [5.74, 6) is 0. The quantitative estimate of drug-likeness (QED) is 0.524. The molecular formula is C5H13N3O2S. The van der Waals surface area contributed by atoms with Gasteiger partial charge in [0.25, 0.3) is 10.0 Å². The van der Waals surface area contributed by atoms with Gasteiger partial charge in [-0.15, -0.1) is 0 Å². The second-order valence-electron chi connectivity index (χ2n) is 2.18. The summed E-state index contributed by atoms with van der Waals surface area (Å²) in [5.41, 5.74) is 10.6. The fourth-order valence-electron chi connectivity index (χ4n) is 0.575. The van der Waals surface area contributed by atoms with E-state index in [-0.39, 0.29) is 5.70 Å². The van der Waals surface area contributed by atoms with Crippen molar-refractivity contribution in [2.24, 2.45) is 16.6 Å². The van der Waals surface area contributed by atoms with Gasteiger partial charge in [-0.1, -0.05) is 13.3 Å². The van der Waals surface area contributed by atoms with Crippen LogP contribution >= 0.6 is 0 Å². The standard InChI is InChI=1S/C5H13N3O2S/c1-2-3-4(6)5(7)11(8,9)10/h2-3,6-7H2,1H3,(H2,8,9,10). The summed E-state index contributed by atoms with van der Waals surface area (Å²) in [7, 11) is -3.79. The number of nitrogens with two attached hydrogens (primary N) is 3. The fourth-order valence-corrected chi connectivity index (χ4v) is 1.04. The Balaban J connectivity index is 4.68. The molecule has 0 saturated heterocycles. The summed E-state index contributed by atoms with van der Waals surface area (Å²) in [6.07, 6.45) is 1.18. The zero-order valence-corrected chi connectivity index (χ0v) is 7.19. The monoisotopic (exact) mass is 179 g/mol. The molecule has 0 aromatic carbocycles. The number of sulfonamides is 1. The van der Waals surface area contributed by atoms with Gasteiger partial charge < -0.3 is 11.5 Å². The van der Waals surface area contributed by atoms with Crippen LogP contribution < -0.4 is 16.6 Å². The highest BCUT2D eigenvalue weighted by molar-refractivity contribution is 7.93. The average Bonchev–Trinajstić information content (AvgIpc) is 1.85. The lowest BCUT2D eigenvalue weighted by atomic mass is 10.3. The van der Waals surface area contributed by atoms with Crippen LogP contribution in [0, 0.1) is 0 Å². The molecule has 0 aliphatic rings. The van der Waals surface area contributed by atoms with Gasteiger partial charge in [0.15, 0.2) is 5.03 Å². The van der Waals surface area contributed by atoms with E-state index in [2.05, 4.69) is 0 Å². The van der Waals surface area contributed by atoms with Crippen molar-refractivity contribution in [2.45, 2.75) is 19.8 Å². The molecule has 0 heterocycles. The number of hydrogen-bond acceptors (Lipinski definition) is 4. The Morgan fingerprint density at radius 3 is 2.09 bits per heavy atom. The van der Waals surface area contributed by atoms with Crippen LogP contribution in [0.1, 0.15) is 19.8 Å². The van der Waals surface area contributed by atoms with Crippen molar-refractivity contribution < 1.29 is 8.42 Å². The molecule has 0 aromatic heterocycles. The number of rotatable bonds is 3. The van der Waals surface area contributed by atoms with Crippen LogP contribution in [-0.4, -0.2) is 8.42 Å². The molecule has 6 heteroatoms. The first-order valence-electron chi connectivity index (χ1n) is 3.16. The predicted octanol–water partition coefficient (Wildman–Crippen LogP) is -0.838. The summed E-state index contributed by atoms with van der Waals surface area (Å²) >= 11 is 0. The van der Waals surface area contributed by atoms with E-state index < -0.39 is 15.1 Å². The van der Waals surface area contributed by atoms with Gasteiger partial charge in [-0.2, -0.15) is 0 Å². The molecule has 0 amide bonds. The summed E-state index contributed by atoms with van der Waals surface area (Å²) in [4.78, 5) is 0. The third-order valence-electron chi connectivity index (χ3n) is 1.14. The van der Waals surface area contributed by atoms with Gasteiger partial charge in [-0.3, -0.25) is 0 Å². The third kappa shape index (κ3) is 3.24. The highest BCUT2D eigenvalue weighted by Crippen LogP contribution is 2.03. The Morgan fingerprint density at radius 1 is 1.36 bits per heavy atom. The zero-order chi connectivity index (χ0) is 9.07. The zero-order valence-electron chi connectivity index (χ0n) is 6.37. The van der Waals surface area contributed by atoms with Gasteiger partial charge >= 0.3 is 0 Å². The molecule has 0 aromatic rings. The molecule has 0 spiro atoms. The minimum absolute atomic E-state index is 0.134. The number of hydrogen-bond donors (Lipinski definition) is 3. The summed E-state index contributed by atoms with van der Waals surface area (Å²) in [5, 5.41) is 4.30. The SMILES string of the molecule is CCCC(N)=C(N)S(N)(=O)=O. The molecule has 5 nitrogen and oxygen atoms in total. The Hall–Kier alpha value is -0.750. The van der Waals surface area contributed by atoms with Crippen LogP contribution in [-0.2, 0) is 10.0 Å². The largest absolute Gasteiger partial charge is 0.400 e. The lowest BCUT2D eigenvalue weighted by Gasteiger charge is -2.02. The molecule has 66 valence electrons. The van der Waals surface area contributed by atoms with Crippen LogP contribution in [0.15, 0.2) is 10.7 Å². The minimum Gasteiger partial charge on any atom is -0.400 e. The molecule has 0 atom stereocenters. The molecule has 0 bridgehead atoms. The maximum absolute atomic E-state index is 10.6. The van der Waals surface area contributed by atoms with E-state index in [0.717, 1.165) is 6.42 Å². The van der Waals surface area contributed by atoms with E-state index >= 15 is 0 Å². The first-order chi connectivity index (χ1) is 4.89. The molecule has 0 aliphatic carbocycles. The van der Waals surface area contributed by atoms with Crippen LogP contribution in [0.2, 0.25) is 0 Å². The Labute approximate surface area is 66.3 Å². The van der Waals surface area contributed by atoms with E-state index in [1.807, 2.05) is 6.92 Å². The molecule has 0 unspecified atom stereocenters. The Morgan fingerprint density at radius 2 is 1.82 bits per heavy atom. The number of allylic oxidation sites excluding steroid dienone is 1. The Kier molecular flexibility index (Phi) is 3.34. The second kappa shape index (κ2) is 3.59. The van der Waals surface area contributed by atoms with Gasteiger partial charge in [0.2, 0.25) is 0 Å². The topological polar surface area (TPSA) is 112 Å². The normalized spacial score (nSPS) is 14.4. The van der Waals surface area contributed by atoms with Gasteiger partial charge in [0, 0.05) is 5.70 Å². The third-order valence-corrected chi connectivity index (χ3v) is 2.02. The van der Waals surface area contributed by atoms with Crippen molar-refractivity contribution >= 4 is 10.0 Å². The lowest BCUT2D eigenvalue weighted by Crippen LogP contribution is -2.24. The smallest absolute Gasteiger partial charge is 0.254 e. The summed E-state index contributed by atoms with van der Waals surface area (Å²) in [6.45, 7) is 1.86. The fraction of sp³-hybridized carbons (Fsp3) is 0.600. The molecule has 6 N–H and O–H groups in total. The van der Waals surface area contributed by atoms with Crippen LogP contribution in [0.5, 0.6) is 0 Å². The minimum atomic E-state index is -3.79. The van der Waals surface area contributed by atoms with E-state index in [1.54, 1.807) is 0 Å². The van der Waals surface area contributed by atoms with Crippen LogP contribution in [0.25, 0.3) is 0 Å². The maximum Gasteiger partial charge on any atom is 0.254 e. The van der Waals surface area contributed by atoms with Gasteiger partial charge in [-0.05, 0) is 6.42 Å². The lowest BCUT2D eigenvalue weighted by molar-refractivity contribution is 0.602. The van der Waals surface area contributed by atoms with Crippen molar-refractivity contribution in [3.63, 3.8) is 0 Å². The molecule has 0 saturated carbocycles. The van der Waals surface area contributed by atoms with E-state index in [4.69, 9.17) is 16.6 Å². The van der Waals surface area contributed by atoms with Crippen molar-refractivity contribution in [2.75, 3.05) is 0 Å². The summed E-state index contributed by atoms with van der Waals surface area (Å²) in [6, 6.07) is 0. The molecule has 0 radical (unpaired) electrons. The highest BCUT2D eigenvalue weighted by atomic mass is 32.2. The summed E-state index contributed by atoms with van der Waals surface area (Å²) < 4.78 is 21.1. The predicted molar refractivity (Wildman–Crippen MR) is 43.4 cm³/mol. The van der Waals surface area contributed by atoms with Crippen molar-refractivity contribution in [3.05, 3.63) is 10.7 Å². The Bertz CT molecular complexity index is 255. The first kappa shape index (κ1) is 10.2. The first-order valence-corrected chi connectivity index (χ1v) is 4.71. The second-order valence-corrected chi connectivity index (χ2v) is 3.71. The number of primary sulfonamides is 1. The highest BCUT2D eigenvalue weighted by Gasteiger charge is 2.10. The van der Waals surface area contributed by atoms with Gasteiger partial charge in [0.1, 0.15) is 0 Å². The molecule has 11 heavy (non-hydrogen) atoms. The van der Waals surface area contributed by atoms with Gasteiger partial charge in [0.05, 0.1) is 0 Å². The van der Waals surface area contributed by atoms with E-state index in [9.17, 15) is 8.42 Å². The molecular weight excluding hydrogens is 166 g/mol. The van der Waals surface area contributed by atoms with Crippen molar-refractivity contribution in [1.82, 2.24) is 0 Å². The molecule has 0 rings (SSSR count). The average molecular weight is 179 g/mol. The van der Waals surface area contributed by atoms with Crippen molar-refractivity contribution in [3.8, 4) is 0 Å². The molecule has 0 fully saturated rings. The van der Waals surface area contributed by atoms with Crippen LogP contribution in [0.4, 0.5) is 0 Å². The van der Waals surface area contributed by atoms with Crippen LogP contribution in [0.3, 0.4) is 0 Å². The van der Waals surface area contributed by atoms with Gasteiger partial charge in [-0.25, -0.2) is 13.6 Å². The van der Waals surface area contributed by atoms with Crippen molar-refractivity contribution in [1.29, 1.82) is 0 Å². The maximum atomic E-state index is 10.6. The molecule has 0 aliphatic heterocycles. The van der Waals surface area contributed by atoms with E-state index in [1.165, 1.54) is 0 Å².